The summed E-state index contributed by atoms with van der Waals surface area (Å²) >= 11 is 0. The Hall–Kier alpha value is -0.0400. The van der Waals surface area contributed by atoms with Crippen molar-refractivity contribution in [1.29, 1.82) is 0 Å². The van der Waals surface area contributed by atoms with Gasteiger partial charge in [-0.1, -0.05) is 48.0 Å². The molecule has 1 rings (SSSR count). The third kappa shape index (κ3) is 4.86. The Morgan fingerprint density at radius 3 is 1.81 bits per heavy atom. The monoisotopic (exact) mass is 226 g/mol. The second kappa shape index (κ2) is 4.68. The van der Waals surface area contributed by atoms with Crippen molar-refractivity contribution < 1.29 is 4.74 Å². The molecule has 16 heavy (non-hydrogen) atoms. The summed E-state index contributed by atoms with van der Waals surface area (Å²) in [5.41, 5.74) is 1.42. The summed E-state index contributed by atoms with van der Waals surface area (Å²) in [6.07, 6.45) is 5.34. The molecule has 0 aromatic heterocycles. The first kappa shape index (κ1) is 14.0. The lowest BCUT2D eigenvalue weighted by molar-refractivity contribution is -0.136. The predicted octanol–water partition coefficient (Wildman–Crippen LogP) is 4.66. The Labute approximate surface area is 102 Å². The zero-order valence-electron chi connectivity index (χ0n) is 12.2. The average Bonchev–Trinajstić information content (AvgIpc) is 1.94. The summed E-state index contributed by atoms with van der Waals surface area (Å²) in [6, 6.07) is 0. The molecule has 1 aliphatic rings. The molecule has 1 heteroatoms. The molecule has 0 N–H and O–H groups in total. The maximum absolute atomic E-state index is 5.47. The minimum absolute atomic E-state index is 0.436. The summed E-state index contributed by atoms with van der Waals surface area (Å²) in [7, 11) is 0. The van der Waals surface area contributed by atoms with E-state index in [4.69, 9.17) is 4.74 Å². The third-order valence-electron chi connectivity index (χ3n) is 3.36. The first-order valence-corrected chi connectivity index (χ1v) is 6.70. The lowest BCUT2D eigenvalue weighted by Crippen LogP contribution is -2.45. The van der Waals surface area contributed by atoms with Gasteiger partial charge in [-0.3, -0.25) is 0 Å². The van der Waals surface area contributed by atoms with Crippen LogP contribution in [0, 0.1) is 16.2 Å². The van der Waals surface area contributed by atoms with Gasteiger partial charge < -0.3 is 4.74 Å². The highest BCUT2D eigenvalue weighted by atomic mass is 16.5. The van der Waals surface area contributed by atoms with Crippen LogP contribution in [0.2, 0.25) is 0 Å². The minimum atomic E-state index is 0.436. The zero-order chi connectivity index (χ0) is 12.4. The highest BCUT2D eigenvalue weighted by molar-refractivity contribution is 4.89. The molecule has 0 aromatic rings. The Bertz CT molecular complexity index is 213. The Kier molecular flexibility index (Phi) is 4.10. The second-order valence-corrected chi connectivity index (χ2v) is 8.14. The van der Waals surface area contributed by atoms with E-state index in [0.29, 0.717) is 16.2 Å². The molecule has 1 heterocycles. The van der Waals surface area contributed by atoms with E-state index in [0.717, 1.165) is 13.2 Å². The van der Waals surface area contributed by atoms with Crippen LogP contribution in [0.4, 0.5) is 0 Å². The van der Waals surface area contributed by atoms with Crippen LogP contribution in [-0.4, -0.2) is 13.2 Å². The van der Waals surface area contributed by atoms with Crippen molar-refractivity contribution in [2.45, 2.75) is 67.2 Å². The fourth-order valence-electron chi connectivity index (χ4n) is 2.84. The molecular weight excluding hydrogens is 196 g/mol. The summed E-state index contributed by atoms with van der Waals surface area (Å²) in [4.78, 5) is 0. The van der Waals surface area contributed by atoms with Crippen LogP contribution in [0.5, 0.6) is 0 Å². The second-order valence-electron chi connectivity index (χ2n) is 8.14. The molecule has 0 bridgehead atoms. The molecule has 0 aromatic carbocycles. The lowest BCUT2D eigenvalue weighted by Gasteiger charge is -2.45. The Morgan fingerprint density at radius 2 is 1.50 bits per heavy atom. The van der Waals surface area contributed by atoms with Crippen LogP contribution in [-0.2, 0) is 4.74 Å². The number of rotatable bonds is 4. The predicted molar refractivity (Wildman–Crippen MR) is 70.6 cm³/mol. The topological polar surface area (TPSA) is 9.23 Å². The quantitative estimate of drug-likeness (QED) is 0.677. The zero-order valence-corrected chi connectivity index (χ0v) is 12.2. The van der Waals surface area contributed by atoms with Crippen LogP contribution < -0.4 is 0 Å². The Balaban J connectivity index is 2.37. The highest BCUT2D eigenvalue weighted by Gasteiger charge is 2.40. The molecular formula is C15H30O. The van der Waals surface area contributed by atoms with Gasteiger partial charge in [0.2, 0.25) is 0 Å². The lowest BCUT2D eigenvalue weighted by atomic mass is 9.69. The third-order valence-corrected chi connectivity index (χ3v) is 3.36. The van der Waals surface area contributed by atoms with Gasteiger partial charge in [-0.25, -0.2) is 0 Å². The maximum atomic E-state index is 5.47. The SMILES string of the molecule is CC(C)(C)CCCC1(CC(C)(C)C)COC1. The molecule has 0 aliphatic carbocycles. The maximum Gasteiger partial charge on any atom is 0.0545 e. The molecule has 0 unspecified atom stereocenters. The molecule has 0 atom stereocenters. The first-order chi connectivity index (χ1) is 7.12. The van der Waals surface area contributed by atoms with Gasteiger partial charge in [-0.05, 0) is 30.1 Å². The normalized spacial score (nSPS) is 20.6. The van der Waals surface area contributed by atoms with E-state index in [1.165, 1.54) is 25.7 Å². The van der Waals surface area contributed by atoms with Gasteiger partial charge in [-0.15, -0.1) is 0 Å². The van der Waals surface area contributed by atoms with Gasteiger partial charge in [0.1, 0.15) is 0 Å². The smallest absolute Gasteiger partial charge is 0.0545 e. The molecule has 1 fully saturated rings. The van der Waals surface area contributed by atoms with E-state index in [1.54, 1.807) is 0 Å². The average molecular weight is 226 g/mol. The summed E-state index contributed by atoms with van der Waals surface area (Å²) in [5, 5.41) is 0. The van der Waals surface area contributed by atoms with Crippen LogP contribution in [0.1, 0.15) is 67.2 Å². The largest absolute Gasteiger partial charge is 0.380 e. The van der Waals surface area contributed by atoms with E-state index in [2.05, 4.69) is 41.5 Å². The molecule has 1 aliphatic heterocycles. The van der Waals surface area contributed by atoms with Crippen molar-refractivity contribution in [1.82, 2.24) is 0 Å². The van der Waals surface area contributed by atoms with Crippen LogP contribution in [0.3, 0.4) is 0 Å². The van der Waals surface area contributed by atoms with Crippen molar-refractivity contribution >= 4 is 0 Å². The van der Waals surface area contributed by atoms with E-state index in [-0.39, 0.29) is 0 Å². The minimum Gasteiger partial charge on any atom is -0.380 e. The first-order valence-electron chi connectivity index (χ1n) is 6.70. The number of hydrogen-bond donors (Lipinski definition) is 0. The molecule has 96 valence electrons. The van der Waals surface area contributed by atoms with Crippen LogP contribution in [0.25, 0.3) is 0 Å². The van der Waals surface area contributed by atoms with Gasteiger partial charge in [0.05, 0.1) is 13.2 Å². The number of hydrogen-bond acceptors (Lipinski definition) is 1. The van der Waals surface area contributed by atoms with Gasteiger partial charge >= 0.3 is 0 Å². The summed E-state index contributed by atoms with van der Waals surface area (Å²) < 4.78 is 5.47. The van der Waals surface area contributed by atoms with E-state index >= 15 is 0 Å². The van der Waals surface area contributed by atoms with Crippen molar-refractivity contribution in [3.05, 3.63) is 0 Å². The summed E-state index contributed by atoms with van der Waals surface area (Å²) in [6.45, 7) is 16.0. The van der Waals surface area contributed by atoms with Gasteiger partial charge in [0.15, 0.2) is 0 Å². The fourth-order valence-corrected chi connectivity index (χ4v) is 2.84. The van der Waals surface area contributed by atoms with E-state index in [1.807, 2.05) is 0 Å². The van der Waals surface area contributed by atoms with Crippen LogP contribution in [0.15, 0.2) is 0 Å². The number of ether oxygens (including phenoxy) is 1. The highest BCUT2D eigenvalue weighted by Crippen LogP contribution is 2.44. The van der Waals surface area contributed by atoms with Crippen molar-refractivity contribution in [2.24, 2.45) is 16.2 Å². The van der Waals surface area contributed by atoms with Gasteiger partial charge in [0, 0.05) is 5.41 Å². The molecule has 0 spiro atoms. The molecule has 0 amide bonds. The molecule has 0 radical (unpaired) electrons. The standard InChI is InChI=1S/C15H30O/c1-13(2,3)8-7-9-15(11-16-12-15)10-14(4,5)6/h7-12H2,1-6H3. The van der Waals surface area contributed by atoms with Gasteiger partial charge in [0.25, 0.3) is 0 Å². The van der Waals surface area contributed by atoms with Gasteiger partial charge in [-0.2, -0.15) is 0 Å². The molecule has 1 nitrogen and oxygen atoms in total. The van der Waals surface area contributed by atoms with Crippen molar-refractivity contribution in [3.63, 3.8) is 0 Å². The van der Waals surface area contributed by atoms with E-state index < -0.39 is 0 Å². The molecule has 1 saturated heterocycles. The Morgan fingerprint density at radius 1 is 0.938 bits per heavy atom. The fraction of sp³-hybridized carbons (Fsp3) is 1.00. The van der Waals surface area contributed by atoms with Crippen LogP contribution >= 0.6 is 0 Å². The summed E-state index contributed by atoms with van der Waals surface area (Å²) in [5.74, 6) is 0. The van der Waals surface area contributed by atoms with Crippen molar-refractivity contribution in [3.8, 4) is 0 Å². The molecule has 0 saturated carbocycles. The van der Waals surface area contributed by atoms with Crippen molar-refractivity contribution in [2.75, 3.05) is 13.2 Å². The van der Waals surface area contributed by atoms with E-state index in [9.17, 15) is 0 Å².